The van der Waals surface area contributed by atoms with E-state index in [9.17, 15) is 5.11 Å². The van der Waals surface area contributed by atoms with Gasteiger partial charge in [-0.1, -0.05) is 26.7 Å². The van der Waals surface area contributed by atoms with Crippen molar-refractivity contribution in [1.82, 2.24) is 0 Å². The maximum Gasteiger partial charge on any atom is 0.128 e. The van der Waals surface area contributed by atoms with E-state index in [0.29, 0.717) is 17.9 Å². The monoisotopic (exact) mass is 341 g/mol. The second kappa shape index (κ2) is 10.4. The fraction of sp³-hybridized carbons (Fsp3) is 0.381. The lowest BCUT2D eigenvalue weighted by Crippen LogP contribution is -1.96. The third-order valence-electron chi connectivity index (χ3n) is 3.72. The average molecular weight is 341 g/mol. The van der Waals surface area contributed by atoms with Crippen LogP contribution in [0.1, 0.15) is 45.1 Å². The molecule has 0 saturated heterocycles. The Kier molecular flexibility index (Phi) is 7.83. The third-order valence-corrected chi connectivity index (χ3v) is 3.72. The van der Waals surface area contributed by atoms with Gasteiger partial charge in [0.2, 0.25) is 0 Å². The molecule has 0 heterocycles. The van der Waals surface area contributed by atoms with Crippen LogP contribution >= 0.6 is 0 Å². The van der Waals surface area contributed by atoms with Crippen molar-refractivity contribution in [3.8, 4) is 17.2 Å². The van der Waals surface area contributed by atoms with Gasteiger partial charge in [-0.2, -0.15) is 0 Å². The van der Waals surface area contributed by atoms with Crippen molar-refractivity contribution in [2.75, 3.05) is 13.2 Å². The number of nitrogens with zero attached hydrogens (tertiary/aromatic N) is 1. The Morgan fingerprint density at radius 1 is 0.880 bits per heavy atom. The van der Waals surface area contributed by atoms with Crippen molar-refractivity contribution in [1.29, 1.82) is 0 Å². The zero-order valence-corrected chi connectivity index (χ0v) is 15.1. The van der Waals surface area contributed by atoms with Gasteiger partial charge in [0.25, 0.3) is 0 Å². The molecule has 4 heteroatoms. The van der Waals surface area contributed by atoms with Crippen molar-refractivity contribution in [2.45, 2.75) is 39.5 Å². The van der Waals surface area contributed by atoms with Gasteiger partial charge < -0.3 is 14.6 Å². The van der Waals surface area contributed by atoms with Gasteiger partial charge in [-0.25, -0.2) is 0 Å². The molecule has 25 heavy (non-hydrogen) atoms. The average Bonchev–Trinajstić information content (AvgIpc) is 2.62. The number of phenols is 1. The Morgan fingerprint density at radius 3 is 2.08 bits per heavy atom. The van der Waals surface area contributed by atoms with E-state index in [-0.39, 0.29) is 5.75 Å². The lowest BCUT2D eigenvalue weighted by molar-refractivity contribution is 0.307. The zero-order chi connectivity index (χ0) is 17.9. The van der Waals surface area contributed by atoms with Gasteiger partial charge in [-0.3, -0.25) is 4.99 Å². The van der Waals surface area contributed by atoms with E-state index in [2.05, 4.69) is 18.8 Å². The summed E-state index contributed by atoms with van der Waals surface area (Å²) in [5.74, 6) is 1.69. The Bertz CT molecular complexity index is 665. The van der Waals surface area contributed by atoms with Crippen molar-refractivity contribution >= 4 is 11.9 Å². The fourth-order valence-corrected chi connectivity index (χ4v) is 2.16. The van der Waals surface area contributed by atoms with Gasteiger partial charge in [0.15, 0.2) is 0 Å². The van der Waals surface area contributed by atoms with E-state index >= 15 is 0 Å². The first-order chi connectivity index (χ1) is 12.2. The molecule has 0 aliphatic rings. The summed E-state index contributed by atoms with van der Waals surface area (Å²) in [4.78, 5) is 4.40. The first kappa shape index (κ1) is 18.8. The van der Waals surface area contributed by atoms with E-state index < -0.39 is 0 Å². The summed E-state index contributed by atoms with van der Waals surface area (Å²) in [5.41, 5.74) is 1.47. The number of hydrogen-bond donors (Lipinski definition) is 1. The standard InChI is InChI=1S/C21H27NO3/c1-3-5-13-24-19-11-8-18(9-12-19)22-16-17-7-10-20(15-21(17)23)25-14-6-4-2/h7-12,15-16,23H,3-6,13-14H2,1-2H3. The lowest BCUT2D eigenvalue weighted by atomic mass is 10.2. The molecule has 0 aliphatic carbocycles. The molecule has 0 aromatic heterocycles. The lowest BCUT2D eigenvalue weighted by Gasteiger charge is -2.07. The number of ether oxygens (including phenoxy) is 2. The third kappa shape index (κ3) is 6.49. The van der Waals surface area contributed by atoms with Crippen LogP contribution in [0.4, 0.5) is 5.69 Å². The molecule has 2 aromatic rings. The first-order valence-electron chi connectivity index (χ1n) is 8.95. The number of benzene rings is 2. The summed E-state index contributed by atoms with van der Waals surface area (Å²) in [7, 11) is 0. The predicted molar refractivity (Wildman–Crippen MR) is 103 cm³/mol. The highest BCUT2D eigenvalue weighted by molar-refractivity contribution is 5.85. The van der Waals surface area contributed by atoms with Crippen LogP contribution in [0.2, 0.25) is 0 Å². The molecule has 0 atom stereocenters. The number of aliphatic imine (C=N–C) groups is 1. The van der Waals surface area contributed by atoms with Crippen LogP contribution in [0.25, 0.3) is 0 Å². The molecule has 0 radical (unpaired) electrons. The van der Waals surface area contributed by atoms with Crippen molar-refractivity contribution in [3.63, 3.8) is 0 Å². The summed E-state index contributed by atoms with van der Waals surface area (Å²) in [6.45, 7) is 5.65. The minimum absolute atomic E-state index is 0.164. The largest absolute Gasteiger partial charge is 0.507 e. The molecule has 0 amide bonds. The summed E-state index contributed by atoms with van der Waals surface area (Å²) in [6, 6.07) is 12.9. The Hall–Kier alpha value is -2.49. The summed E-state index contributed by atoms with van der Waals surface area (Å²) < 4.78 is 11.2. The maximum atomic E-state index is 10.1. The molecule has 134 valence electrons. The number of phenolic OH excluding ortho intramolecular Hbond substituents is 1. The summed E-state index contributed by atoms with van der Waals surface area (Å²) in [6.07, 6.45) is 5.91. The van der Waals surface area contributed by atoms with E-state index in [1.807, 2.05) is 36.4 Å². The molecule has 0 saturated carbocycles. The van der Waals surface area contributed by atoms with E-state index in [4.69, 9.17) is 9.47 Å². The number of aromatic hydroxyl groups is 1. The van der Waals surface area contributed by atoms with Gasteiger partial charge in [0, 0.05) is 17.8 Å². The summed E-state index contributed by atoms with van der Waals surface area (Å²) >= 11 is 0. The quantitative estimate of drug-likeness (QED) is 0.458. The second-order valence-corrected chi connectivity index (χ2v) is 5.88. The van der Waals surface area contributed by atoms with Crippen LogP contribution in [0.3, 0.4) is 0 Å². The minimum Gasteiger partial charge on any atom is -0.507 e. The van der Waals surface area contributed by atoms with Crippen LogP contribution in [0.15, 0.2) is 47.5 Å². The molecule has 2 rings (SSSR count). The van der Waals surface area contributed by atoms with E-state index in [1.54, 1.807) is 12.3 Å². The van der Waals surface area contributed by atoms with Gasteiger partial charge in [-0.05, 0) is 49.2 Å². The van der Waals surface area contributed by atoms with Gasteiger partial charge in [0.05, 0.1) is 18.9 Å². The SMILES string of the molecule is CCCCOc1ccc(N=Cc2ccc(OCCCC)cc2O)cc1. The van der Waals surface area contributed by atoms with Crippen LogP contribution < -0.4 is 9.47 Å². The topological polar surface area (TPSA) is 51.0 Å². The molecule has 1 N–H and O–H groups in total. The normalized spacial score (nSPS) is 11.0. The Balaban J connectivity index is 1.94. The predicted octanol–water partition coefficient (Wildman–Crippen LogP) is 5.50. The maximum absolute atomic E-state index is 10.1. The van der Waals surface area contributed by atoms with Crippen molar-refractivity contribution in [2.24, 2.45) is 4.99 Å². The first-order valence-corrected chi connectivity index (χ1v) is 8.95. The number of hydrogen-bond acceptors (Lipinski definition) is 4. The highest BCUT2D eigenvalue weighted by Gasteiger charge is 2.02. The van der Waals surface area contributed by atoms with Crippen LogP contribution in [-0.2, 0) is 0 Å². The van der Waals surface area contributed by atoms with Gasteiger partial charge in [-0.15, -0.1) is 0 Å². The fourth-order valence-electron chi connectivity index (χ4n) is 2.16. The summed E-state index contributed by atoms with van der Waals surface area (Å²) in [5, 5.41) is 10.1. The van der Waals surface area contributed by atoms with Gasteiger partial charge >= 0.3 is 0 Å². The number of rotatable bonds is 10. The highest BCUT2D eigenvalue weighted by Crippen LogP contribution is 2.24. The minimum atomic E-state index is 0.164. The van der Waals surface area contributed by atoms with Crippen molar-refractivity contribution in [3.05, 3.63) is 48.0 Å². The van der Waals surface area contributed by atoms with Crippen LogP contribution in [-0.4, -0.2) is 24.5 Å². The molecule has 0 unspecified atom stereocenters. The van der Waals surface area contributed by atoms with E-state index in [0.717, 1.165) is 43.7 Å². The van der Waals surface area contributed by atoms with Crippen LogP contribution in [0.5, 0.6) is 17.2 Å². The molecular weight excluding hydrogens is 314 g/mol. The molecule has 0 bridgehead atoms. The van der Waals surface area contributed by atoms with Crippen LogP contribution in [0, 0.1) is 0 Å². The van der Waals surface area contributed by atoms with Crippen molar-refractivity contribution < 1.29 is 14.6 Å². The Labute approximate surface area is 150 Å². The molecule has 0 spiro atoms. The van der Waals surface area contributed by atoms with E-state index in [1.165, 1.54) is 0 Å². The molecule has 4 nitrogen and oxygen atoms in total. The Morgan fingerprint density at radius 2 is 1.48 bits per heavy atom. The molecule has 2 aromatic carbocycles. The van der Waals surface area contributed by atoms with Gasteiger partial charge in [0.1, 0.15) is 17.2 Å². The zero-order valence-electron chi connectivity index (χ0n) is 15.1. The second-order valence-electron chi connectivity index (χ2n) is 5.88. The molecular formula is C21H27NO3. The number of unbranched alkanes of at least 4 members (excludes halogenated alkanes) is 2. The molecule has 0 fully saturated rings. The molecule has 0 aliphatic heterocycles. The highest BCUT2D eigenvalue weighted by atomic mass is 16.5. The smallest absolute Gasteiger partial charge is 0.128 e.